The Kier molecular flexibility index (Phi) is 3.91. The largest absolute Gasteiger partial charge is 0.355 e. The Morgan fingerprint density at radius 1 is 1.44 bits per heavy atom. The van der Waals surface area contributed by atoms with Crippen LogP contribution in [0, 0.1) is 0 Å². The summed E-state index contributed by atoms with van der Waals surface area (Å²) in [6.07, 6.45) is 5.69. The fourth-order valence-corrected chi connectivity index (χ4v) is 1.85. The third-order valence-corrected chi connectivity index (χ3v) is 4.10. The lowest BCUT2D eigenvalue weighted by atomic mass is 10.00. The summed E-state index contributed by atoms with van der Waals surface area (Å²) < 4.78 is 0. The van der Waals surface area contributed by atoms with Gasteiger partial charge in [0.05, 0.1) is 0 Å². The molecule has 0 unspecified atom stereocenters. The molecule has 0 aliphatic heterocycles. The number of anilines is 1. The minimum Gasteiger partial charge on any atom is -0.355 e. The molecule has 0 aromatic carbocycles. The maximum absolute atomic E-state index is 4.49. The highest BCUT2D eigenvalue weighted by Gasteiger charge is 2.23. The minimum absolute atomic E-state index is 0.148. The lowest BCUT2D eigenvalue weighted by molar-refractivity contribution is 0.467. The van der Waals surface area contributed by atoms with Crippen molar-refractivity contribution in [3.63, 3.8) is 0 Å². The molecule has 1 fully saturated rings. The van der Waals surface area contributed by atoms with Gasteiger partial charge in [0.15, 0.2) is 0 Å². The van der Waals surface area contributed by atoms with E-state index in [1.807, 2.05) is 6.20 Å². The zero-order valence-electron chi connectivity index (χ0n) is 12.0. The number of rotatable bonds is 6. The first kappa shape index (κ1) is 13.3. The summed E-state index contributed by atoms with van der Waals surface area (Å²) in [6, 6.07) is 5.06. The summed E-state index contributed by atoms with van der Waals surface area (Å²) >= 11 is 0. The molecule has 3 nitrogen and oxygen atoms in total. The van der Waals surface area contributed by atoms with Gasteiger partial charge in [-0.2, -0.15) is 0 Å². The topological polar surface area (TPSA) is 28.2 Å². The molecule has 1 N–H and O–H groups in total. The van der Waals surface area contributed by atoms with E-state index in [1.165, 1.54) is 18.4 Å². The molecular formula is C15H25N3. The maximum atomic E-state index is 4.49. The van der Waals surface area contributed by atoms with E-state index in [-0.39, 0.29) is 5.54 Å². The molecule has 18 heavy (non-hydrogen) atoms. The van der Waals surface area contributed by atoms with Crippen molar-refractivity contribution in [1.29, 1.82) is 0 Å². The van der Waals surface area contributed by atoms with Gasteiger partial charge in [-0.15, -0.1) is 0 Å². The Labute approximate surface area is 111 Å². The third kappa shape index (κ3) is 3.22. The van der Waals surface area contributed by atoms with Gasteiger partial charge in [-0.3, -0.25) is 0 Å². The number of nitrogens with zero attached hydrogens (tertiary/aromatic N) is 2. The van der Waals surface area contributed by atoms with Gasteiger partial charge in [-0.25, -0.2) is 4.98 Å². The molecule has 1 aromatic heterocycles. The van der Waals surface area contributed by atoms with Crippen LogP contribution >= 0.6 is 0 Å². The molecule has 1 aliphatic rings. The molecule has 1 heterocycles. The van der Waals surface area contributed by atoms with Crippen LogP contribution in [0.15, 0.2) is 18.3 Å². The second-order valence-corrected chi connectivity index (χ2v) is 5.90. The SMILES string of the molecule is CCC(C)(C)N(C)c1cc(CNC2CC2)ccn1. The van der Waals surface area contributed by atoms with Crippen LogP contribution in [0.2, 0.25) is 0 Å². The maximum Gasteiger partial charge on any atom is 0.128 e. The predicted molar refractivity (Wildman–Crippen MR) is 76.9 cm³/mol. The molecule has 2 rings (SSSR count). The van der Waals surface area contributed by atoms with Crippen LogP contribution in [0.4, 0.5) is 5.82 Å². The van der Waals surface area contributed by atoms with Crippen molar-refractivity contribution in [2.45, 2.75) is 58.2 Å². The first-order chi connectivity index (χ1) is 8.53. The highest BCUT2D eigenvalue weighted by Crippen LogP contribution is 2.24. The zero-order chi connectivity index (χ0) is 13.2. The van der Waals surface area contributed by atoms with E-state index >= 15 is 0 Å². The monoisotopic (exact) mass is 247 g/mol. The third-order valence-electron chi connectivity index (χ3n) is 4.10. The van der Waals surface area contributed by atoms with Crippen LogP contribution in [0.1, 0.15) is 45.6 Å². The van der Waals surface area contributed by atoms with Crippen LogP contribution in [-0.2, 0) is 6.54 Å². The molecule has 0 spiro atoms. The quantitative estimate of drug-likeness (QED) is 0.837. The Balaban J connectivity index is 2.05. The van der Waals surface area contributed by atoms with Crippen molar-refractivity contribution in [1.82, 2.24) is 10.3 Å². The molecule has 0 saturated heterocycles. The van der Waals surface area contributed by atoms with Gasteiger partial charge in [0.25, 0.3) is 0 Å². The Morgan fingerprint density at radius 3 is 2.78 bits per heavy atom. The van der Waals surface area contributed by atoms with Gasteiger partial charge < -0.3 is 10.2 Å². The summed E-state index contributed by atoms with van der Waals surface area (Å²) in [5.41, 5.74) is 1.47. The highest BCUT2D eigenvalue weighted by atomic mass is 15.2. The molecule has 100 valence electrons. The van der Waals surface area contributed by atoms with Crippen LogP contribution in [0.3, 0.4) is 0 Å². The van der Waals surface area contributed by atoms with Gasteiger partial charge in [-0.1, -0.05) is 6.92 Å². The van der Waals surface area contributed by atoms with E-state index in [0.717, 1.165) is 24.8 Å². The Bertz CT molecular complexity index is 396. The first-order valence-electron chi connectivity index (χ1n) is 6.95. The van der Waals surface area contributed by atoms with Crippen LogP contribution in [0.5, 0.6) is 0 Å². The second kappa shape index (κ2) is 5.27. The second-order valence-electron chi connectivity index (χ2n) is 5.90. The molecular weight excluding hydrogens is 222 g/mol. The van der Waals surface area contributed by atoms with E-state index in [1.54, 1.807) is 0 Å². The summed E-state index contributed by atoms with van der Waals surface area (Å²) in [5.74, 6) is 1.07. The molecule has 3 heteroatoms. The number of hydrogen-bond donors (Lipinski definition) is 1. The summed E-state index contributed by atoms with van der Waals surface area (Å²) in [4.78, 5) is 6.77. The van der Waals surface area contributed by atoms with Crippen molar-refractivity contribution in [2.24, 2.45) is 0 Å². The fourth-order valence-electron chi connectivity index (χ4n) is 1.85. The molecule has 1 saturated carbocycles. The van der Waals surface area contributed by atoms with Crippen molar-refractivity contribution in [3.05, 3.63) is 23.9 Å². The first-order valence-corrected chi connectivity index (χ1v) is 6.95. The Hall–Kier alpha value is -1.09. The van der Waals surface area contributed by atoms with Crippen LogP contribution in [-0.4, -0.2) is 23.6 Å². The van der Waals surface area contributed by atoms with E-state index in [9.17, 15) is 0 Å². The van der Waals surface area contributed by atoms with E-state index < -0.39 is 0 Å². The average molecular weight is 247 g/mol. The highest BCUT2D eigenvalue weighted by molar-refractivity contribution is 5.42. The lowest BCUT2D eigenvalue weighted by Crippen LogP contribution is -2.41. The van der Waals surface area contributed by atoms with Crippen molar-refractivity contribution >= 4 is 5.82 Å². The molecule has 0 radical (unpaired) electrons. The van der Waals surface area contributed by atoms with Gasteiger partial charge in [0.1, 0.15) is 5.82 Å². The number of hydrogen-bond acceptors (Lipinski definition) is 3. The van der Waals surface area contributed by atoms with Gasteiger partial charge >= 0.3 is 0 Å². The minimum atomic E-state index is 0.148. The molecule has 0 bridgehead atoms. The number of pyridine rings is 1. The van der Waals surface area contributed by atoms with Gasteiger partial charge in [0.2, 0.25) is 0 Å². The smallest absolute Gasteiger partial charge is 0.128 e. The van der Waals surface area contributed by atoms with Crippen molar-refractivity contribution in [3.8, 4) is 0 Å². The molecule has 0 amide bonds. The van der Waals surface area contributed by atoms with Crippen LogP contribution in [0.25, 0.3) is 0 Å². The van der Waals surface area contributed by atoms with Crippen molar-refractivity contribution in [2.75, 3.05) is 11.9 Å². The van der Waals surface area contributed by atoms with E-state index in [0.29, 0.717) is 0 Å². The van der Waals surface area contributed by atoms with Gasteiger partial charge in [0, 0.05) is 31.4 Å². The fraction of sp³-hybridized carbons (Fsp3) is 0.667. The standard InChI is InChI=1S/C15H25N3/c1-5-15(2,3)18(4)14-10-12(8-9-16-14)11-17-13-6-7-13/h8-10,13,17H,5-7,11H2,1-4H3. The summed E-state index contributed by atoms with van der Waals surface area (Å²) in [7, 11) is 2.13. The normalized spacial score (nSPS) is 15.8. The summed E-state index contributed by atoms with van der Waals surface area (Å²) in [6.45, 7) is 7.68. The molecule has 1 aliphatic carbocycles. The number of aromatic nitrogens is 1. The average Bonchev–Trinajstić information content (AvgIpc) is 3.20. The predicted octanol–water partition coefficient (Wildman–Crippen LogP) is 2.96. The summed E-state index contributed by atoms with van der Waals surface area (Å²) in [5, 5.41) is 3.55. The molecule has 1 aromatic rings. The Morgan fingerprint density at radius 2 is 2.17 bits per heavy atom. The van der Waals surface area contributed by atoms with Crippen LogP contribution < -0.4 is 10.2 Å². The molecule has 0 atom stereocenters. The van der Waals surface area contributed by atoms with E-state index in [2.05, 4.69) is 55.2 Å². The number of nitrogens with one attached hydrogen (secondary N) is 1. The van der Waals surface area contributed by atoms with Crippen molar-refractivity contribution < 1.29 is 0 Å². The van der Waals surface area contributed by atoms with E-state index in [4.69, 9.17) is 0 Å². The van der Waals surface area contributed by atoms with Gasteiger partial charge in [-0.05, 0) is 50.8 Å². The zero-order valence-corrected chi connectivity index (χ0v) is 12.0. The lowest BCUT2D eigenvalue weighted by Gasteiger charge is -2.36.